The predicted octanol–water partition coefficient (Wildman–Crippen LogP) is 3.83. The fourth-order valence-corrected chi connectivity index (χ4v) is 1.12. The first-order chi connectivity index (χ1) is 6.74. The molecular formula is C13H15N. The molecule has 1 nitrogen and oxygen atoms in total. The number of allylic oxidation sites excluding steroid dienone is 3. The number of aryl methyl sites for hydroxylation is 1. The highest BCUT2D eigenvalue weighted by atomic mass is 14.7. The van der Waals surface area contributed by atoms with E-state index < -0.39 is 0 Å². The lowest BCUT2D eigenvalue weighted by molar-refractivity contribution is 1.39. The molecule has 1 heteroatoms. The smallest absolute Gasteiger partial charge is 0.0661 e. The standard InChI is InChI=1S/C13H15N/c1-4-5-9-12(3)14-13-10-7-6-8-11(13)2/h4-10H,1H2,2-3H3/b9-5-,14-12?. The number of para-hydroxylation sites is 1. The number of rotatable bonds is 3. The third-order valence-corrected chi connectivity index (χ3v) is 1.89. The van der Waals surface area contributed by atoms with Crippen molar-refractivity contribution in [1.29, 1.82) is 0 Å². The van der Waals surface area contributed by atoms with Gasteiger partial charge >= 0.3 is 0 Å². The van der Waals surface area contributed by atoms with Crippen LogP contribution in [-0.2, 0) is 0 Å². The normalized spacial score (nSPS) is 12.0. The minimum Gasteiger partial charge on any atom is -0.253 e. The molecule has 0 aliphatic carbocycles. The molecule has 14 heavy (non-hydrogen) atoms. The van der Waals surface area contributed by atoms with Crippen molar-refractivity contribution in [1.82, 2.24) is 0 Å². The van der Waals surface area contributed by atoms with Gasteiger partial charge in [0.1, 0.15) is 0 Å². The van der Waals surface area contributed by atoms with Gasteiger partial charge in [0.25, 0.3) is 0 Å². The van der Waals surface area contributed by atoms with Crippen LogP contribution >= 0.6 is 0 Å². The lowest BCUT2D eigenvalue weighted by atomic mass is 10.2. The number of hydrogen-bond acceptors (Lipinski definition) is 1. The van der Waals surface area contributed by atoms with E-state index in [1.54, 1.807) is 6.08 Å². The van der Waals surface area contributed by atoms with Crippen LogP contribution in [-0.4, -0.2) is 5.71 Å². The van der Waals surface area contributed by atoms with E-state index in [1.807, 2.05) is 37.3 Å². The molecule has 0 spiro atoms. The molecule has 72 valence electrons. The van der Waals surface area contributed by atoms with Crippen LogP contribution in [0.15, 0.2) is 54.1 Å². The number of hydrogen-bond donors (Lipinski definition) is 0. The van der Waals surface area contributed by atoms with Crippen LogP contribution in [0.1, 0.15) is 12.5 Å². The molecule has 0 saturated heterocycles. The van der Waals surface area contributed by atoms with Crippen LogP contribution in [0.4, 0.5) is 5.69 Å². The van der Waals surface area contributed by atoms with E-state index in [-0.39, 0.29) is 0 Å². The second-order valence-electron chi connectivity index (χ2n) is 3.13. The first kappa shape index (κ1) is 10.5. The van der Waals surface area contributed by atoms with Crippen LogP contribution < -0.4 is 0 Å². The van der Waals surface area contributed by atoms with Crippen LogP contribution in [0.25, 0.3) is 0 Å². The highest BCUT2D eigenvalue weighted by Gasteiger charge is 1.92. The van der Waals surface area contributed by atoms with E-state index in [0.29, 0.717) is 0 Å². The minimum atomic E-state index is 0.985. The monoisotopic (exact) mass is 185 g/mol. The Bertz CT molecular complexity index is 373. The zero-order valence-corrected chi connectivity index (χ0v) is 8.70. The number of benzene rings is 1. The van der Waals surface area contributed by atoms with Crippen molar-refractivity contribution >= 4 is 11.4 Å². The molecule has 1 rings (SSSR count). The summed E-state index contributed by atoms with van der Waals surface area (Å²) in [4.78, 5) is 4.48. The fourth-order valence-electron chi connectivity index (χ4n) is 1.12. The zero-order valence-electron chi connectivity index (χ0n) is 8.70. The largest absolute Gasteiger partial charge is 0.253 e. The Balaban J connectivity index is 2.91. The van der Waals surface area contributed by atoms with Gasteiger partial charge < -0.3 is 0 Å². The van der Waals surface area contributed by atoms with Gasteiger partial charge in [0, 0.05) is 5.71 Å². The fraction of sp³-hybridized carbons (Fsp3) is 0.154. The zero-order chi connectivity index (χ0) is 10.4. The Morgan fingerprint density at radius 1 is 1.36 bits per heavy atom. The maximum absolute atomic E-state index is 4.48. The summed E-state index contributed by atoms with van der Waals surface area (Å²) < 4.78 is 0. The van der Waals surface area contributed by atoms with E-state index in [0.717, 1.165) is 11.4 Å². The average Bonchev–Trinajstić information content (AvgIpc) is 2.18. The van der Waals surface area contributed by atoms with Gasteiger partial charge in [-0.05, 0) is 31.6 Å². The molecule has 0 bridgehead atoms. The molecule has 0 aliphatic heterocycles. The second kappa shape index (κ2) is 5.18. The van der Waals surface area contributed by atoms with Crippen molar-refractivity contribution in [3.63, 3.8) is 0 Å². The highest BCUT2D eigenvalue weighted by Crippen LogP contribution is 2.17. The molecule has 0 saturated carbocycles. The SMILES string of the molecule is C=C/C=C\C(C)=Nc1ccccc1C. The molecule has 0 fully saturated rings. The molecule has 1 aromatic carbocycles. The Kier molecular flexibility index (Phi) is 3.86. The molecule has 0 aromatic heterocycles. The first-order valence-corrected chi connectivity index (χ1v) is 4.64. The molecule has 0 atom stereocenters. The summed E-state index contributed by atoms with van der Waals surface area (Å²) in [5.74, 6) is 0. The van der Waals surface area contributed by atoms with Crippen molar-refractivity contribution in [2.45, 2.75) is 13.8 Å². The van der Waals surface area contributed by atoms with Crippen molar-refractivity contribution in [2.75, 3.05) is 0 Å². The topological polar surface area (TPSA) is 12.4 Å². The summed E-state index contributed by atoms with van der Waals surface area (Å²) >= 11 is 0. The third-order valence-electron chi connectivity index (χ3n) is 1.89. The quantitative estimate of drug-likeness (QED) is 0.501. The lowest BCUT2D eigenvalue weighted by Gasteiger charge is -1.99. The van der Waals surface area contributed by atoms with Crippen molar-refractivity contribution in [3.05, 3.63) is 54.6 Å². The maximum Gasteiger partial charge on any atom is 0.0661 e. The van der Waals surface area contributed by atoms with E-state index in [1.165, 1.54) is 5.56 Å². The lowest BCUT2D eigenvalue weighted by Crippen LogP contribution is -1.83. The molecule has 0 N–H and O–H groups in total. The van der Waals surface area contributed by atoms with Gasteiger partial charge in [-0.1, -0.05) is 36.9 Å². The van der Waals surface area contributed by atoms with Crippen molar-refractivity contribution < 1.29 is 0 Å². The Morgan fingerprint density at radius 2 is 2.07 bits per heavy atom. The minimum absolute atomic E-state index is 0.985. The van der Waals surface area contributed by atoms with Gasteiger partial charge in [0.05, 0.1) is 5.69 Å². The first-order valence-electron chi connectivity index (χ1n) is 4.64. The van der Waals surface area contributed by atoms with E-state index in [4.69, 9.17) is 0 Å². The van der Waals surface area contributed by atoms with Gasteiger partial charge in [-0.3, -0.25) is 4.99 Å². The van der Waals surface area contributed by atoms with E-state index >= 15 is 0 Å². The number of nitrogens with zero attached hydrogens (tertiary/aromatic N) is 1. The number of aliphatic imine (C=N–C) groups is 1. The predicted molar refractivity (Wildman–Crippen MR) is 63.3 cm³/mol. The van der Waals surface area contributed by atoms with E-state index in [9.17, 15) is 0 Å². The van der Waals surface area contributed by atoms with Gasteiger partial charge in [0.15, 0.2) is 0 Å². The Hall–Kier alpha value is -1.63. The Labute approximate surface area is 85.5 Å². The molecular weight excluding hydrogens is 170 g/mol. The summed E-state index contributed by atoms with van der Waals surface area (Å²) in [6, 6.07) is 8.09. The highest BCUT2D eigenvalue weighted by molar-refractivity contribution is 5.95. The van der Waals surface area contributed by atoms with Crippen LogP contribution in [0, 0.1) is 6.92 Å². The van der Waals surface area contributed by atoms with Crippen LogP contribution in [0.5, 0.6) is 0 Å². The Morgan fingerprint density at radius 3 is 2.71 bits per heavy atom. The summed E-state index contributed by atoms with van der Waals surface area (Å²) in [5.41, 5.74) is 3.21. The average molecular weight is 185 g/mol. The molecule has 0 aliphatic rings. The summed E-state index contributed by atoms with van der Waals surface area (Å²) in [5, 5.41) is 0. The molecule has 0 unspecified atom stereocenters. The molecule has 0 heterocycles. The van der Waals surface area contributed by atoms with Crippen molar-refractivity contribution in [3.8, 4) is 0 Å². The van der Waals surface area contributed by atoms with Gasteiger partial charge in [-0.15, -0.1) is 0 Å². The van der Waals surface area contributed by atoms with E-state index in [2.05, 4.69) is 24.6 Å². The maximum atomic E-state index is 4.48. The second-order valence-corrected chi connectivity index (χ2v) is 3.13. The van der Waals surface area contributed by atoms with Crippen LogP contribution in [0.3, 0.4) is 0 Å². The summed E-state index contributed by atoms with van der Waals surface area (Å²) in [6.07, 6.45) is 5.58. The van der Waals surface area contributed by atoms with Gasteiger partial charge in [-0.2, -0.15) is 0 Å². The molecule has 0 radical (unpaired) electrons. The van der Waals surface area contributed by atoms with Crippen molar-refractivity contribution in [2.24, 2.45) is 4.99 Å². The molecule has 0 amide bonds. The van der Waals surface area contributed by atoms with Gasteiger partial charge in [-0.25, -0.2) is 0 Å². The summed E-state index contributed by atoms with van der Waals surface area (Å²) in [6.45, 7) is 7.65. The summed E-state index contributed by atoms with van der Waals surface area (Å²) in [7, 11) is 0. The van der Waals surface area contributed by atoms with Gasteiger partial charge in [0.2, 0.25) is 0 Å². The third kappa shape index (κ3) is 3.02. The van der Waals surface area contributed by atoms with Crippen LogP contribution in [0.2, 0.25) is 0 Å². The molecule has 1 aromatic rings.